The Bertz CT molecular complexity index is 998. The van der Waals surface area contributed by atoms with Crippen LogP contribution in [0.25, 0.3) is 0 Å². The molecule has 0 radical (unpaired) electrons. The summed E-state index contributed by atoms with van der Waals surface area (Å²) in [6.07, 6.45) is -2.35. The molecule has 0 saturated carbocycles. The number of hydrogen-bond donors (Lipinski definition) is 1. The van der Waals surface area contributed by atoms with Crippen molar-refractivity contribution >= 4 is 33.7 Å². The number of carbonyl (C=O) groups is 2. The summed E-state index contributed by atoms with van der Waals surface area (Å²) in [4.78, 5) is 28.2. The molecule has 1 unspecified atom stereocenters. The van der Waals surface area contributed by atoms with Crippen molar-refractivity contribution in [2.75, 3.05) is 48.3 Å². The van der Waals surface area contributed by atoms with Crippen molar-refractivity contribution in [3.05, 3.63) is 23.8 Å². The number of halogens is 2. The van der Waals surface area contributed by atoms with Crippen LogP contribution >= 0.6 is 0 Å². The number of carbonyl (C=O) groups excluding carboxylic acids is 2. The summed E-state index contributed by atoms with van der Waals surface area (Å²) in [7, 11) is -4.23. The highest BCUT2D eigenvalue weighted by Gasteiger charge is 2.35. The van der Waals surface area contributed by atoms with Crippen molar-refractivity contribution in [2.45, 2.75) is 38.9 Å². The minimum atomic E-state index is -4.23. The highest BCUT2D eigenvalue weighted by Crippen LogP contribution is 2.32. The lowest BCUT2D eigenvalue weighted by Gasteiger charge is -2.37. The average molecular weight is 492 g/mol. The van der Waals surface area contributed by atoms with Crippen LogP contribution in [0.15, 0.2) is 12.1 Å². The zero-order valence-electron chi connectivity index (χ0n) is 18.6. The summed E-state index contributed by atoms with van der Waals surface area (Å²) < 4.78 is 70.7. The largest absolute Gasteiger partial charge is 0.444 e. The predicted octanol–water partition coefficient (Wildman–Crippen LogP) is 2.63. The number of anilines is 2. The molecule has 0 bridgehead atoms. The van der Waals surface area contributed by atoms with Gasteiger partial charge in [-0.05, 0) is 20.8 Å². The van der Waals surface area contributed by atoms with Gasteiger partial charge in [0.1, 0.15) is 17.4 Å². The normalized spacial score (nSPS) is 19.6. The predicted molar refractivity (Wildman–Crippen MR) is 115 cm³/mol. The summed E-state index contributed by atoms with van der Waals surface area (Å²) in [6.45, 7) is 5.97. The van der Waals surface area contributed by atoms with Crippen molar-refractivity contribution < 1.29 is 40.8 Å². The van der Waals surface area contributed by atoms with Crippen molar-refractivity contribution in [1.82, 2.24) is 4.90 Å². The minimum absolute atomic E-state index is 0.0690. The van der Waals surface area contributed by atoms with E-state index in [1.54, 1.807) is 20.8 Å². The first kappa shape index (κ1) is 25.0. The van der Waals surface area contributed by atoms with E-state index in [0.29, 0.717) is 0 Å². The molecule has 1 aromatic rings. The molecule has 2 saturated heterocycles. The Labute approximate surface area is 190 Å². The van der Waals surface area contributed by atoms with Gasteiger partial charge < -0.3 is 19.3 Å². The summed E-state index contributed by atoms with van der Waals surface area (Å²) in [5.41, 5.74) is -0.983. The number of amides is 2. The third-order valence-corrected chi connectivity index (χ3v) is 5.88. The molecular weight excluding hydrogens is 464 g/mol. The second kappa shape index (κ2) is 9.29. The van der Waals surface area contributed by atoms with E-state index in [4.69, 9.17) is 14.0 Å². The number of hydrogen-bond acceptors (Lipinski definition) is 7. The third kappa shape index (κ3) is 6.44. The van der Waals surface area contributed by atoms with Crippen LogP contribution in [-0.4, -0.2) is 80.2 Å². The molecule has 3 rings (SSSR count). The van der Waals surface area contributed by atoms with Gasteiger partial charge in [0.15, 0.2) is 11.6 Å². The molecule has 33 heavy (non-hydrogen) atoms. The van der Waals surface area contributed by atoms with Crippen LogP contribution in [0.1, 0.15) is 27.2 Å². The molecule has 10 nitrogen and oxygen atoms in total. The Balaban J connectivity index is 1.66. The van der Waals surface area contributed by atoms with Gasteiger partial charge in [-0.2, -0.15) is 8.42 Å². The molecule has 1 aromatic carbocycles. The fourth-order valence-corrected chi connectivity index (χ4v) is 4.17. The first-order valence-electron chi connectivity index (χ1n) is 10.4. The molecule has 2 amide bonds. The van der Waals surface area contributed by atoms with Crippen LogP contribution in [0.3, 0.4) is 0 Å². The number of ether oxygens (including phenoxy) is 2. The van der Waals surface area contributed by atoms with Crippen molar-refractivity contribution in [2.24, 2.45) is 0 Å². The van der Waals surface area contributed by atoms with Gasteiger partial charge in [-0.15, -0.1) is 0 Å². The molecule has 0 spiro atoms. The number of benzene rings is 1. The average Bonchev–Trinajstić information content (AvgIpc) is 3.05. The molecule has 13 heteroatoms. The van der Waals surface area contributed by atoms with Gasteiger partial charge >= 0.3 is 12.2 Å². The lowest BCUT2D eigenvalue weighted by Crippen LogP contribution is -2.50. The smallest absolute Gasteiger partial charge is 0.414 e. The molecule has 1 N–H and O–H groups in total. The van der Waals surface area contributed by atoms with Gasteiger partial charge in [-0.25, -0.2) is 18.4 Å². The van der Waals surface area contributed by atoms with Crippen LogP contribution in [0, 0.1) is 11.6 Å². The van der Waals surface area contributed by atoms with Gasteiger partial charge in [0.2, 0.25) is 0 Å². The Morgan fingerprint density at radius 2 is 1.76 bits per heavy atom. The highest BCUT2D eigenvalue weighted by atomic mass is 32.2. The minimum Gasteiger partial charge on any atom is -0.444 e. The monoisotopic (exact) mass is 491 g/mol. The molecular formula is C20H27F2N3O7S. The maximum absolute atomic E-state index is 14.9. The van der Waals surface area contributed by atoms with Crippen molar-refractivity contribution in [1.29, 1.82) is 0 Å². The topological polar surface area (TPSA) is 117 Å². The van der Waals surface area contributed by atoms with Gasteiger partial charge in [-0.1, -0.05) is 0 Å². The zero-order chi connectivity index (χ0) is 24.6. The SMILES string of the molecule is CC(C)(C)OC(=O)N1CCN(c2c(F)cc(N3CC(CCS(=O)(=O)O)OC3=O)cc2F)CC1. The maximum atomic E-state index is 14.9. The van der Waals surface area contributed by atoms with Crippen LogP contribution < -0.4 is 9.80 Å². The molecule has 2 aliphatic rings. The van der Waals surface area contributed by atoms with E-state index in [1.165, 1.54) is 9.80 Å². The highest BCUT2D eigenvalue weighted by molar-refractivity contribution is 7.85. The van der Waals surface area contributed by atoms with E-state index < -0.39 is 51.4 Å². The quantitative estimate of drug-likeness (QED) is 0.625. The summed E-state index contributed by atoms with van der Waals surface area (Å²) in [5, 5.41) is 0. The van der Waals surface area contributed by atoms with Gasteiger partial charge in [0, 0.05) is 44.7 Å². The van der Waals surface area contributed by atoms with E-state index in [1.807, 2.05) is 0 Å². The Hall–Kier alpha value is -2.67. The fourth-order valence-electron chi connectivity index (χ4n) is 3.61. The van der Waals surface area contributed by atoms with E-state index >= 15 is 0 Å². The number of piperazine rings is 1. The fraction of sp³-hybridized carbons (Fsp3) is 0.600. The summed E-state index contributed by atoms with van der Waals surface area (Å²) in [5.74, 6) is -2.37. The molecule has 0 aliphatic carbocycles. The second-order valence-electron chi connectivity index (χ2n) is 8.90. The van der Waals surface area contributed by atoms with E-state index in [2.05, 4.69) is 0 Å². The first-order valence-corrected chi connectivity index (χ1v) is 12.0. The van der Waals surface area contributed by atoms with Crippen LogP contribution in [-0.2, 0) is 19.6 Å². The zero-order valence-corrected chi connectivity index (χ0v) is 19.4. The molecule has 184 valence electrons. The maximum Gasteiger partial charge on any atom is 0.414 e. The van der Waals surface area contributed by atoms with E-state index in [9.17, 15) is 26.8 Å². The number of cyclic esters (lactones) is 1. The summed E-state index contributed by atoms with van der Waals surface area (Å²) in [6, 6.07) is 2.01. The molecule has 0 aromatic heterocycles. The molecule has 2 aliphatic heterocycles. The molecule has 2 heterocycles. The van der Waals surface area contributed by atoms with E-state index in [-0.39, 0.29) is 50.5 Å². The molecule has 1 atom stereocenters. The first-order chi connectivity index (χ1) is 15.2. The Morgan fingerprint density at radius 3 is 2.27 bits per heavy atom. The van der Waals surface area contributed by atoms with Crippen LogP contribution in [0.4, 0.5) is 29.7 Å². The van der Waals surface area contributed by atoms with Gasteiger partial charge in [-0.3, -0.25) is 9.45 Å². The van der Waals surface area contributed by atoms with Crippen molar-refractivity contribution in [3.63, 3.8) is 0 Å². The second-order valence-corrected chi connectivity index (χ2v) is 10.5. The van der Waals surface area contributed by atoms with Gasteiger partial charge in [0.05, 0.1) is 18.0 Å². The lowest BCUT2D eigenvalue weighted by atomic mass is 10.2. The Morgan fingerprint density at radius 1 is 1.18 bits per heavy atom. The molecule has 2 fully saturated rings. The van der Waals surface area contributed by atoms with Gasteiger partial charge in [0.25, 0.3) is 10.1 Å². The standard InChI is InChI=1S/C20H27F2N3O7S/c1-20(2,3)32-18(26)24-7-5-23(6-8-24)17-15(21)10-13(11-16(17)22)25-12-14(31-19(25)27)4-9-33(28,29)30/h10-11,14H,4-9,12H2,1-3H3,(H,28,29,30). The van der Waals surface area contributed by atoms with Crippen LogP contribution in [0.2, 0.25) is 0 Å². The third-order valence-electron chi connectivity index (χ3n) is 5.13. The number of rotatable bonds is 5. The van der Waals surface area contributed by atoms with Crippen molar-refractivity contribution in [3.8, 4) is 0 Å². The Kier molecular flexibility index (Phi) is 7.03. The lowest BCUT2D eigenvalue weighted by molar-refractivity contribution is 0.0240. The van der Waals surface area contributed by atoms with Crippen LogP contribution in [0.5, 0.6) is 0 Å². The number of nitrogens with zero attached hydrogens (tertiary/aromatic N) is 3. The van der Waals surface area contributed by atoms with E-state index in [0.717, 1.165) is 17.0 Å². The summed E-state index contributed by atoms with van der Waals surface area (Å²) >= 11 is 0.